The minimum absolute atomic E-state index is 0.0328. The number of tetrazole rings is 1. The van der Waals surface area contributed by atoms with Crippen LogP contribution in [-0.4, -0.2) is 39.9 Å². The molecule has 1 aromatic heterocycles. The van der Waals surface area contributed by atoms with E-state index in [0.29, 0.717) is 39.8 Å². The molecule has 0 amide bonds. The molecule has 0 fully saturated rings. The standard InChI is InChI=1S/C23H22FN5O4/c1-4-11-32-22(30)20-14(2)25-23-26-27-28-29(23)21(20)15-9-10-18(19(12-15)31-3)33-13-16-7-5-6-8-17(16)24/h4-10,12,21H,1,11,13H2,2-3H3,(H,25,26,28). The van der Waals surface area contributed by atoms with Gasteiger partial charge in [-0.1, -0.05) is 42.0 Å². The van der Waals surface area contributed by atoms with Gasteiger partial charge < -0.3 is 19.5 Å². The summed E-state index contributed by atoms with van der Waals surface area (Å²) in [5.41, 5.74) is 2.00. The molecule has 1 aliphatic heterocycles. The summed E-state index contributed by atoms with van der Waals surface area (Å²) in [6, 6.07) is 10.9. The second-order valence-electron chi connectivity index (χ2n) is 7.19. The number of aromatic nitrogens is 4. The molecule has 0 saturated heterocycles. The molecule has 170 valence electrons. The molecule has 10 heteroatoms. The molecule has 9 nitrogen and oxygen atoms in total. The smallest absolute Gasteiger partial charge is 0.338 e. The summed E-state index contributed by atoms with van der Waals surface area (Å²) < 4.78 is 32.0. The first-order chi connectivity index (χ1) is 16.0. The van der Waals surface area contributed by atoms with Crippen LogP contribution in [0.1, 0.15) is 24.1 Å². The summed E-state index contributed by atoms with van der Waals surface area (Å²) in [7, 11) is 1.50. The Hall–Kier alpha value is -4.21. The molecular formula is C23H22FN5O4. The number of halogens is 1. The number of esters is 1. The van der Waals surface area contributed by atoms with E-state index in [1.54, 1.807) is 43.3 Å². The monoisotopic (exact) mass is 451 g/mol. The number of ether oxygens (including phenoxy) is 3. The number of fused-ring (bicyclic) bond motifs is 1. The number of anilines is 1. The van der Waals surface area contributed by atoms with Crippen LogP contribution in [0.4, 0.5) is 10.3 Å². The van der Waals surface area contributed by atoms with E-state index < -0.39 is 12.0 Å². The van der Waals surface area contributed by atoms with Gasteiger partial charge >= 0.3 is 5.97 Å². The number of carbonyl (C=O) groups is 1. The van der Waals surface area contributed by atoms with E-state index in [9.17, 15) is 9.18 Å². The van der Waals surface area contributed by atoms with Crippen LogP contribution in [0.3, 0.4) is 0 Å². The largest absolute Gasteiger partial charge is 0.493 e. The Morgan fingerprint density at radius 3 is 2.85 bits per heavy atom. The third-order valence-corrected chi connectivity index (χ3v) is 5.11. The van der Waals surface area contributed by atoms with Gasteiger partial charge in [-0.15, -0.1) is 0 Å². The highest BCUT2D eigenvalue weighted by molar-refractivity contribution is 5.92. The van der Waals surface area contributed by atoms with Crippen molar-refractivity contribution in [2.45, 2.75) is 19.6 Å². The van der Waals surface area contributed by atoms with Crippen LogP contribution in [0.5, 0.6) is 11.5 Å². The predicted molar refractivity (Wildman–Crippen MR) is 117 cm³/mol. The average molecular weight is 451 g/mol. The van der Waals surface area contributed by atoms with Gasteiger partial charge in [0.05, 0.1) is 12.7 Å². The maximum Gasteiger partial charge on any atom is 0.338 e. The van der Waals surface area contributed by atoms with Crippen LogP contribution in [0, 0.1) is 5.82 Å². The van der Waals surface area contributed by atoms with Crippen molar-refractivity contribution in [3.05, 3.63) is 83.3 Å². The fourth-order valence-corrected chi connectivity index (χ4v) is 3.54. The van der Waals surface area contributed by atoms with Crippen LogP contribution in [0.15, 0.2) is 66.4 Å². The highest BCUT2D eigenvalue weighted by Gasteiger charge is 2.35. The minimum atomic E-state index is -0.664. The van der Waals surface area contributed by atoms with E-state index in [0.717, 1.165) is 0 Å². The lowest BCUT2D eigenvalue weighted by Gasteiger charge is -2.27. The van der Waals surface area contributed by atoms with Crippen LogP contribution in [-0.2, 0) is 16.1 Å². The Labute approximate surface area is 189 Å². The number of allylic oxidation sites excluding steroid dienone is 1. The van der Waals surface area contributed by atoms with Crippen molar-refractivity contribution in [2.75, 3.05) is 19.0 Å². The highest BCUT2D eigenvalue weighted by atomic mass is 19.1. The average Bonchev–Trinajstić information content (AvgIpc) is 3.29. The summed E-state index contributed by atoms with van der Waals surface area (Å²) in [5.74, 6) is 0.346. The van der Waals surface area contributed by atoms with E-state index in [1.807, 2.05) is 0 Å². The van der Waals surface area contributed by atoms with Crippen molar-refractivity contribution in [1.29, 1.82) is 0 Å². The normalized spacial score (nSPS) is 14.8. The van der Waals surface area contributed by atoms with E-state index in [2.05, 4.69) is 27.4 Å². The molecule has 1 N–H and O–H groups in total. The maximum absolute atomic E-state index is 13.9. The zero-order chi connectivity index (χ0) is 23.4. The molecule has 0 bridgehead atoms. The van der Waals surface area contributed by atoms with E-state index in [-0.39, 0.29) is 19.0 Å². The number of hydrogen-bond acceptors (Lipinski definition) is 8. The van der Waals surface area contributed by atoms with Crippen LogP contribution in [0.25, 0.3) is 0 Å². The number of methoxy groups -OCH3 is 1. The number of nitrogens with one attached hydrogen (secondary N) is 1. The molecule has 2 aromatic carbocycles. The molecule has 0 saturated carbocycles. The summed E-state index contributed by atoms with van der Waals surface area (Å²) in [6.45, 7) is 5.43. The van der Waals surface area contributed by atoms with Crippen LogP contribution in [0.2, 0.25) is 0 Å². The summed E-state index contributed by atoms with van der Waals surface area (Å²) >= 11 is 0. The lowest BCUT2D eigenvalue weighted by Crippen LogP contribution is -2.29. The lowest BCUT2D eigenvalue weighted by molar-refractivity contribution is -0.138. The number of benzene rings is 2. The van der Waals surface area contributed by atoms with Crippen molar-refractivity contribution in [3.8, 4) is 11.5 Å². The fraction of sp³-hybridized carbons (Fsp3) is 0.217. The first-order valence-corrected chi connectivity index (χ1v) is 10.1. The van der Waals surface area contributed by atoms with Crippen LogP contribution >= 0.6 is 0 Å². The van der Waals surface area contributed by atoms with Crippen molar-refractivity contribution >= 4 is 11.9 Å². The SMILES string of the molecule is C=CCOC(=O)C1=C(C)Nc2nnnn2C1c1ccc(OCc2ccccc2F)c(OC)c1. The van der Waals surface area contributed by atoms with E-state index in [1.165, 1.54) is 23.9 Å². The second-order valence-corrected chi connectivity index (χ2v) is 7.19. The van der Waals surface area contributed by atoms with Gasteiger partial charge in [0, 0.05) is 11.3 Å². The number of carbonyl (C=O) groups excluding carboxylic acids is 1. The molecule has 4 rings (SSSR count). The molecule has 1 unspecified atom stereocenters. The summed E-state index contributed by atoms with van der Waals surface area (Å²) in [6.07, 6.45) is 1.49. The third-order valence-electron chi connectivity index (χ3n) is 5.11. The molecule has 33 heavy (non-hydrogen) atoms. The van der Waals surface area contributed by atoms with Crippen molar-refractivity contribution < 1.29 is 23.4 Å². The first kappa shape index (κ1) is 22.0. The van der Waals surface area contributed by atoms with Crippen LogP contribution < -0.4 is 14.8 Å². The van der Waals surface area contributed by atoms with Gasteiger partial charge in [0.2, 0.25) is 5.95 Å². The molecule has 2 heterocycles. The molecule has 0 spiro atoms. The zero-order valence-electron chi connectivity index (χ0n) is 18.1. The maximum atomic E-state index is 13.9. The predicted octanol–water partition coefficient (Wildman–Crippen LogP) is 3.42. The van der Waals surface area contributed by atoms with Crippen molar-refractivity contribution in [2.24, 2.45) is 0 Å². The summed E-state index contributed by atoms with van der Waals surface area (Å²) in [4.78, 5) is 12.9. The fourth-order valence-electron chi connectivity index (χ4n) is 3.54. The zero-order valence-corrected chi connectivity index (χ0v) is 18.1. The van der Waals surface area contributed by atoms with Gasteiger partial charge in [0.25, 0.3) is 0 Å². The second kappa shape index (κ2) is 9.51. The Bertz CT molecular complexity index is 1220. The molecule has 3 aromatic rings. The van der Waals surface area contributed by atoms with Gasteiger partial charge in [0.15, 0.2) is 11.5 Å². The Balaban J connectivity index is 1.68. The number of nitrogens with zero attached hydrogens (tertiary/aromatic N) is 4. The minimum Gasteiger partial charge on any atom is -0.493 e. The van der Waals surface area contributed by atoms with E-state index in [4.69, 9.17) is 14.2 Å². The van der Waals surface area contributed by atoms with Gasteiger partial charge in [-0.25, -0.2) is 9.18 Å². The van der Waals surface area contributed by atoms with E-state index >= 15 is 0 Å². The third kappa shape index (κ3) is 4.40. The van der Waals surface area contributed by atoms with Gasteiger partial charge in [-0.05, 0) is 41.1 Å². The topological polar surface area (TPSA) is 100 Å². The van der Waals surface area contributed by atoms with Gasteiger partial charge in [-0.2, -0.15) is 4.68 Å². The van der Waals surface area contributed by atoms with Crippen molar-refractivity contribution in [1.82, 2.24) is 20.2 Å². The lowest BCUT2D eigenvalue weighted by atomic mass is 9.95. The molecule has 1 aliphatic rings. The molecular weight excluding hydrogens is 429 g/mol. The Morgan fingerprint density at radius 1 is 1.27 bits per heavy atom. The van der Waals surface area contributed by atoms with Gasteiger partial charge in [-0.3, -0.25) is 0 Å². The Kier molecular flexibility index (Phi) is 6.34. The highest BCUT2D eigenvalue weighted by Crippen LogP contribution is 2.38. The first-order valence-electron chi connectivity index (χ1n) is 10.1. The molecule has 0 aliphatic carbocycles. The summed E-state index contributed by atoms with van der Waals surface area (Å²) in [5, 5.41) is 14.7. The molecule has 0 radical (unpaired) electrons. The number of rotatable bonds is 8. The quantitative estimate of drug-likeness (QED) is 0.411. The number of hydrogen-bond donors (Lipinski definition) is 1. The van der Waals surface area contributed by atoms with Gasteiger partial charge in [0.1, 0.15) is 25.1 Å². The van der Waals surface area contributed by atoms with Crippen molar-refractivity contribution in [3.63, 3.8) is 0 Å². The Morgan fingerprint density at radius 2 is 2.09 bits per heavy atom. The molecule has 1 atom stereocenters.